The van der Waals surface area contributed by atoms with Gasteiger partial charge in [-0.1, -0.05) is 54.6 Å². The Balaban J connectivity index is 1.93. The third-order valence-electron chi connectivity index (χ3n) is 3.94. The lowest BCUT2D eigenvalue weighted by Crippen LogP contribution is -1.95. The number of hydrogen-bond donors (Lipinski definition) is 0. The molecule has 0 unspecified atom stereocenters. The normalized spacial score (nSPS) is 11.0. The molecular weight excluding hydrogens is 300 g/mol. The monoisotopic (exact) mass is 316 g/mol. The van der Waals surface area contributed by atoms with E-state index in [1.165, 1.54) is 10.5 Å². The molecule has 0 saturated carbocycles. The molecule has 3 heteroatoms. The Morgan fingerprint density at radius 2 is 1.61 bits per heavy atom. The molecule has 0 fully saturated rings. The molecule has 4 aromatic rings. The minimum absolute atomic E-state index is 1.000. The summed E-state index contributed by atoms with van der Waals surface area (Å²) in [7, 11) is 0. The summed E-state index contributed by atoms with van der Waals surface area (Å²) in [6.45, 7) is 0. The van der Waals surface area contributed by atoms with Crippen LogP contribution in [0.25, 0.3) is 28.0 Å². The average Bonchev–Trinajstić information content (AvgIpc) is 3.07. The van der Waals surface area contributed by atoms with Gasteiger partial charge in [-0.25, -0.2) is 4.52 Å². The van der Waals surface area contributed by atoms with E-state index in [0.717, 1.165) is 22.5 Å². The van der Waals surface area contributed by atoms with Crippen molar-refractivity contribution in [3.05, 3.63) is 78.9 Å². The third kappa shape index (κ3) is 2.53. The number of aromatic nitrogens is 2. The quantitative estimate of drug-likeness (QED) is 0.471. The average molecular weight is 316 g/mol. The largest absolute Gasteiger partial charge is 0.232 e. The van der Waals surface area contributed by atoms with Crippen molar-refractivity contribution in [3.63, 3.8) is 0 Å². The lowest BCUT2D eigenvalue weighted by molar-refractivity contribution is 0.970. The zero-order chi connectivity index (χ0) is 15.6. The molecule has 0 amide bonds. The van der Waals surface area contributed by atoms with Gasteiger partial charge >= 0.3 is 0 Å². The maximum Gasteiger partial charge on any atom is 0.0933 e. The molecule has 0 atom stereocenters. The first-order valence-electron chi connectivity index (χ1n) is 7.54. The fourth-order valence-corrected chi connectivity index (χ4v) is 3.43. The summed E-state index contributed by atoms with van der Waals surface area (Å²) in [4.78, 5) is 1.26. The van der Waals surface area contributed by atoms with Gasteiger partial charge in [0.05, 0.1) is 16.9 Å². The van der Waals surface area contributed by atoms with Gasteiger partial charge in [0.1, 0.15) is 0 Å². The molecule has 0 aliphatic rings. The van der Waals surface area contributed by atoms with E-state index in [1.807, 2.05) is 22.7 Å². The van der Waals surface area contributed by atoms with Crippen LogP contribution in [0.15, 0.2) is 83.8 Å². The Labute approximate surface area is 139 Å². The minimum Gasteiger partial charge on any atom is -0.232 e. The summed E-state index contributed by atoms with van der Waals surface area (Å²) in [5, 5.41) is 4.84. The standard InChI is InChI=1S/C20H16N2S/c1-23-20-13-6-5-11-17(20)19-12-7-10-16-14-18(21-22(16)19)15-8-3-2-4-9-15/h2-14H,1H3. The molecule has 23 heavy (non-hydrogen) atoms. The highest BCUT2D eigenvalue weighted by molar-refractivity contribution is 7.98. The summed E-state index contributed by atoms with van der Waals surface area (Å²) in [6.07, 6.45) is 2.11. The van der Waals surface area contributed by atoms with Crippen molar-refractivity contribution in [2.75, 3.05) is 6.26 Å². The van der Waals surface area contributed by atoms with Gasteiger partial charge in [0.15, 0.2) is 0 Å². The van der Waals surface area contributed by atoms with E-state index in [2.05, 4.69) is 66.9 Å². The Bertz CT molecular complexity index is 958. The summed E-state index contributed by atoms with van der Waals surface area (Å²) >= 11 is 1.76. The second kappa shape index (κ2) is 5.94. The number of fused-ring (bicyclic) bond motifs is 1. The van der Waals surface area contributed by atoms with Crippen molar-refractivity contribution in [2.45, 2.75) is 4.90 Å². The van der Waals surface area contributed by atoms with Crippen LogP contribution in [0.2, 0.25) is 0 Å². The summed E-state index contributed by atoms with van der Waals surface area (Å²) in [5.74, 6) is 0. The Kier molecular flexibility index (Phi) is 3.64. The number of nitrogens with zero attached hydrogens (tertiary/aromatic N) is 2. The van der Waals surface area contributed by atoms with E-state index in [0.29, 0.717) is 0 Å². The van der Waals surface area contributed by atoms with Crippen LogP contribution in [0.5, 0.6) is 0 Å². The molecule has 112 valence electrons. The molecule has 2 aromatic carbocycles. The van der Waals surface area contributed by atoms with E-state index < -0.39 is 0 Å². The summed E-state index contributed by atoms with van der Waals surface area (Å²) in [5.41, 5.74) is 5.58. The number of benzene rings is 2. The molecule has 2 aromatic heterocycles. The smallest absolute Gasteiger partial charge is 0.0933 e. The zero-order valence-electron chi connectivity index (χ0n) is 12.8. The van der Waals surface area contributed by atoms with Crippen LogP contribution in [-0.4, -0.2) is 15.9 Å². The van der Waals surface area contributed by atoms with Crippen molar-refractivity contribution in [3.8, 4) is 22.5 Å². The van der Waals surface area contributed by atoms with E-state index in [9.17, 15) is 0 Å². The van der Waals surface area contributed by atoms with Gasteiger partial charge in [0.2, 0.25) is 0 Å². The van der Waals surface area contributed by atoms with Crippen LogP contribution in [0.1, 0.15) is 0 Å². The Morgan fingerprint density at radius 1 is 0.826 bits per heavy atom. The van der Waals surface area contributed by atoms with Crippen molar-refractivity contribution < 1.29 is 0 Å². The van der Waals surface area contributed by atoms with E-state index in [1.54, 1.807) is 11.8 Å². The fraction of sp³-hybridized carbons (Fsp3) is 0.0500. The molecule has 0 spiro atoms. The van der Waals surface area contributed by atoms with Crippen LogP contribution < -0.4 is 0 Å². The lowest BCUT2D eigenvalue weighted by Gasteiger charge is -2.09. The molecule has 2 nitrogen and oxygen atoms in total. The maximum absolute atomic E-state index is 4.84. The van der Waals surface area contributed by atoms with E-state index in [4.69, 9.17) is 5.10 Å². The molecular formula is C20H16N2S. The van der Waals surface area contributed by atoms with Gasteiger partial charge in [-0.3, -0.25) is 0 Å². The molecule has 2 heterocycles. The second-order valence-corrected chi connectivity index (χ2v) is 6.19. The van der Waals surface area contributed by atoms with Crippen molar-refractivity contribution in [1.29, 1.82) is 0 Å². The number of thioether (sulfide) groups is 1. The predicted octanol–water partition coefficient (Wildman–Crippen LogP) is 5.39. The second-order valence-electron chi connectivity index (χ2n) is 5.34. The van der Waals surface area contributed by atoms with Crippen molar-refractivity contribution in [1.82, 2.24) is 9.61 Å². The summed E-state index contributed by atoms with van der Waals surface area (Å²) in [6, 6.07) is 27.2. The van der Waals surface area contributed by atoms with Gasteiger partial charge in [-0.15, -0.1) is 11.8 Å². The van der Waals surface area contributed by atoms with Gasteiger partial charge in [0.25, 0.3) is 0 Å². The highest BCUT2D eigenvalue weighted by Crippen LogP contribution is 2.31. The SMILES string of the molecule is CSc1ccccc1-c1cccc2cc(-c3ccccc3)nn12. The van der Waals surface area contributed by atoms with Crippen LogP contribution in [0, 0.1) is 0 Å². The maximum atomic E-state index is 4.84. The highest BCUT2D eigenvalue weighted by Gasteiger charge is 2.11. The Morgan fingerprint density at radius 3 is 2.43 bits per heavy atom. The van der Waals surface area contributed by atoms with Gasteiger partial charge in [-0.05, 0) is 30.5 Å². The molecule has 4 rings (SSSR count). The predicted molar refractivity (Wildman–Crippen MR) is 97.8 cm³/mol. The van der Waals surface area contributed by atoms with Crippen LogP contribution in [0.3, 0.4) is 0 Å². The number of pyridine rings is 1. The fourth-order valence-electron chi connectivity index (χ4n) is 2.83. The molecule has 0 radical (unpaired) electrons. The van der Waals surface area contributed by atoms with Crippen molar-refractivity contribution in [2.24, 2.45) is 0 Å². The number of rotatable bonds is 3. The van der Waals surface area contributed by atoms with Gasteiger partial charge in [-0.2, -0.15) is 5.10 Å². The highest BCUT2D eigenvalue weighted by atomic mass is 32.2. The van der Waals surface area contributed by atoms with E-state index >= 15 is 0 Å². The topological polar surface area (TPSA) is 17.3 Å². The summed E-state index contributed by atoms with van der Waals surface area (Å²) < 4.78 is 2.04. The minimum atomic E-state index is 1.000. The zero-order valence-corrected chi connectivity index (χ0v) is 13.6. The molecule has 0 N–H and O–H groups in total. The first-order valence-corrected chi connectivity index (χ1v) is 8.77. The Hall–Kier alpha value is -2.52. The lowest BCUT2D eigenvalue weighted by atomic mass is 10.1. The molecule has 0 aliphatic heterocycles. The van der Waals surface area contributed by atoms with Crippen molar-refractivity contribution >= 4 is 17.3 Å². The first kappa shape index (κ1) is 14.1. The van der Waals surface area contributed by atoms with Crippen LogP contribution in [-0.2, 0) is 0 Å². The molecule has 0 saturated heterocycles. The third-order valence-corrected chi connectivity index (χ3v) is 4.73. The van der Waals surface area contributed by atoms with Gasteiger partial charge < -0.3 is 0 Å². The molecule has 0 bridgehead atoms. The number of hydrogen-bond acceptors (Lipinski definition) is 2. The van der Waals surface area contributed by atoms with E-state index in [-0.39, 0.29) is 0 Å². The van der Waals surface area contributed by atoms with Gasteiger partial charge in [0, 0.05) is 16.0 Å². The molecule has 0 aliphatic carbocycles. The first-order chi connectivity index (χ1) is 11.4. The van der Waals surface area contributed by atoms with Crippen LogP contribution in [0.4, 0.5) is 0 Å². The van der Waals surface area contributed by atoms with Crippen LogP contribution >= 0.6 is 11.8 Å².